The molecular weight excluding hydrogens is 359 g/mol. The molecule has 0 amide bonds. The number of rotatable bonds is 7. The predicted molar refractivity (Wildman–Crippen MR) is 112 cm³/mol. The molecule has 1 aliphatic rings. The second-order valence-electron chi connectivity index (χ2n) is 7.65. The molecule has 2 aromatic carbocycles. The molecule has 1 saturated carbocycles. The lowest BCUT2D eigenvalue weighted by molar-refractivity contribution is 0.304. The molecule has 0 spiro atoms. The van der Waals surface area contributed by atoms with Gasteiger partial charge in [0.15, 0.2) is 11.6 Å². The zero-order valence-corrected chi connectivity index (χ0v) is 17.2. The van der Waals surface area contributed by atoms with Crippen molar-refractivity contribution in [3.8, 4) is 16.9 Å². The van der Waals surface area contributed by atoms with Crippen molar-refractivity contribution < 1.29 is 9.13 Å². The second kappa shape index (κ2) is 9.59. The van der Waals surface area contributed by atoms with Crippen LogP contribution in [0, 0.1) is 11.7 Å². The summed E-state index contributed by atoms with van der Waals surface area (Å²) in [6, 6.07) is 12.0. The Kier molecular flexibility index (Phi) is 7.18. The van der Waals surface area contributed by atoms with E-state index in [-0.39, 0.29) is 10.8 Å². The van der Waals surface area contributed by atoms with E-state index in [1.165, 1.54) is 50.5 Å². The molecule has 0 saturated heterocycles. The summed E-state index contributed by atoms with van der Waals surface area (Å²) in [5.74, 6) is 1.31. The van der Waals surface area contributed by atoms with Gasteiger partial charge in [-0.15, -0.1) is 0 Å². The minimum Gasteiger partial charge on any atom is -0.491 e. The highest BCUT2D eigenvalue weighted by Gasteiger charge is 2.22. The molecular formula is C24H30ClFO. The van der Waals surface area contributed by atoms with Crippen molar-refractivity contribution in [1.82, 2.24) is 0 Å². The largest absolute Gasteiger partial charge is 0.491 e. The molecule has 0 atom stereocenters. The van der Waals surface area contributed by atoms with Gasteiger partial charge >= 0.3 is 0 Å². The Hall–Kier alpha value is -1.54. The molecule has 146 valence electrons. The van der Waals surface area contributed by atoms with Crippen LogP contribution in [0.2, 0.25) is 5.02 Å². The lowest BCUT2D eigenvalue weighted by atomic mass is 9.77. The zero-order valence-electron chi connectivity index (χ0n) is 16.4. The maximum Gasteiger partial charge on any atom is 0.184 e. The summed E-state index contributed by atoms with van der Waals surface area (Å²) in [6.45, 7) is 4.52. The first-order valence-electron chi connectivity index (χ1n) is 10.3. The number of halogens is 2. The van der Waals surface area contributed by atoms with Crippen LogP contribution in [0.5, 0.6) is 5.75 Å². The SMILES string of the molecule is CCCCC1CCC(c2ccc(-c3ccc(OCC)c(F)c3Cl)cc2)CC1. The van der Waals surface area contributed by atoms with Gasteiger partial charge in [0.25, 0.3) is 0 Å². The molecule has 1 nitrogen and oxygen atoms in total. The van der Waals surface area contributed by atoms with Crippen molar-refractivity contribution in [2.75, 3.05) is 6.61 Å². The van der Waals surface area contributed by atoms with Crippen LogP contribution in [0.15, 0.2) is 36.4 Å². The van der Waals surface area contributed by atoms with Gasteiger partial charge in [-0.05, 0) is 67.7 Å². The van der Waals surface area contributed by atoms with Crippen molar-refractivity contribution in [1.29, 1.82) is 0 Å². The van der Waals surface area contributed by atoms with Crippen LogP contribution >= 0.6 is 11.6 Å². The molecule has 2 aromatic rings. The van der Waals surface area contributed by atoms with Gasteiger partial charge in [-0.1, -0.05) is 62.1 Å². The quantitative estimate of drug-likeness (QED) is 0.466. The van der Waals surface area contributed by atoms with E-state index in [0.29, 0.717) is 18.1 Å². The number of benzene rings is 2. The highest BCUT2D eigenvalue weighted by Crippen LogP contribution is 2.39. The third-order valence-corrected chi connectivity index (χ3v) is 6.22. The van der Waals surface area contributed by atoms with Gasteiger partial charge in [0, 0.05) is 5.56 Å². The first kappa shape index (κ1) is 20.2. The van der Waals surface area contributed by atoms with Crippen molar-refractivity contribution in [2.24, 2.45) is 5.92 Å². The highest BCUT2D eigenvalue weighted by atomic mass is 35.5. The minimum atomic E-state index is -0.481. The van der Waals surface area contributed by atoms with E-state index in [1.54, 1.807) is 6.07 Å². The van der Waals surface area contributed by atoms with E-state index in [2.05, 4.69) is 31.2 Å². The smallest absolute Gasteiger partial charge is 0.184 e. The van der Waals surface area contributed by atoms with E-state index in [0.717, 1.165) is 11.5 Å². The average molecular weight is 389 g/mol. The lowest BCUT2D eigenvalue weighted by Crippen LogP contribution is -2.13. The molecule has 3 heteroatoms. The molecule has 27 heavy (non-hydrogen) atoms. The number of ether oxygens (including phenoxy) is 1. The fourth-order valence-corrected chi connectivity index (χ4v) is 4.50. The molecule has 0 aromatic heterocycles. The summed E-state index contributed by atoms with van der Waals surface area (Å²) < 4.78 is 19.7. The summed E-state index contributed by atoms with van der Waals surface area (Å²) in [7, 11) is 0. The Morgan fingerprint density at radius 3 is 2.33 bits per heavy atom. The van der Waals surface area contributed by atoms with Crippen molar-refractivity contribution in [2.45, 2.75) is 64.7 Å². The van der Waals surface area contributed by atoms with Gasteiger partial charge in [-0.25, -0.2) is 4.39 Å². The predicted octanol–water partition coefficient (Wildman–Crippen LogP) is 8.01. The van der Waals surface area contributed by atoms with Crippen LogP contribution in [-0.4, -0.2) is 6.61 Å². The monoisotopic (exact) mass is 388 g/mol. The summed E-state index contributed by atoms with van der Waals surface area (Å²) in [4.78, 5) is 0. The lowest BCUT2D eigenvalue weighted by Gasteiger charge is -2.29. The van der Waals surface area contributed by atoms with Crippen molar-refractivity contribution in [3.63, 3.8) is 0 Å². The Labute approximate surface area is 167 Å². The third-order valence-electron chi connectivity index (χ3n) is 5.85. The maximum atomic E-state index is 14.4. The summed E-state index contributed by atoms with van der Waals surface area (Å²) in [5, 5.41) is 0.130. The van der Waals surface area contributed by atoms with E-state index >= 15 is 0 Å². The van der Waals surface area contributed by atoms with Gasteiger partial charge in [-0.3, -0.25) is 0 Å². The molecule has 1 aliphatic carbocycles. The summed E-state index contributed by atoms with van der Waals surface area (Å²) >= 11 is 6.26. The molecule has 0 unspecified atom stereocenters. The third kappa shape index (κ3) is 4.85. The minimum absolute atomic E-state index is 0.130. The van der Waals surface area contributed by atoms with Gasteiger partial charge in [-0.2, -0.15) is 0 Å². The molecule has 0 heterocycles. The van der Waals surface area contributed by atoms with Gasteiger partial charge in [0.05, 0.1) is 11.6 Å². The molecule has 0 N–H and O–H groups in total. The van der Waals surface area contributed by atoms with E-state index < -0.39 is 5.82 Å². The molecule has 0 radical (unpaired) electrons. The first-order valence-corrected chi connectivity index (χ1v) is 10.7. The van der Waals surface area contributed by atoms with Crippen LogP contribution in [0.25, 0.3) is 11.1 Å². The topological polar surface area (TPSA) is 9.23 Å². The number of hydrogen-bond donors (Lipinski definition) is 0. The van der Waals surface area contributed by atoms with E-state index in [4.69, 9.17) is 16.3 Å². The standard InChI is InChI=1S/C24H30ClFO/c1-3-5-6-17-7-9-18(10-8-17)19-11-13-20(14-12-19)21-15-16-22(27-4-2)24(26)23(21)25/h11-18H,3-10H2,1-2H3. The Morgan fingerprint density at radius 2 is 1.70 bits per heavy atom. The van der Waals surface area contributed by atoms with E-state index in [9.17, 15) is 4.39 Å². The van der Waals surface area contributed by atoms with Crippen LogP contribution in [0.1, 0.15) is 70.3 Å². The summed E-state index contributed by atoms with van der Waals surface area (Å²) in [5.41, 5.74) is 3.06. The Bertz CT molecular complexity index is 733. The van der Waals surface area contributed by atoms with Crippen LogP contribution in [0.3, 0.4) is 0 Å². The van der Waals surface area contributed by atoms with E-state index in [1.807, 2.05) is 13.0 Å². The average Bonchev–Trinajstić information content (AvgIpc) is 2.71. The maximum absolute atomic E-state index is 14.4. The number of hydrogen-bond acceptors (Lipinski definition) is 1. The molecule has 3 rings (SSSR count). The van der Waals surface area contributed by atoms with Crippen LogP contribution in [-0.2, 0) is 0 Å². The van der Waals surface area contributed by atoms with Gasteiger partial charge in [0.2, 0.25) is 0 Å². The first-order chi connectivity index (χ1) is 13.1. The number of unbranched alkanes of at least 4 members (excludes halogenated alkanes) is 1. The fraction of sp³-hybridized carbons (Fsp3) is 0.500. The zero-order chi connectivity index (χ0) is 19.2. The molecule has 0 bridgehead atoms. The van der Waals surface area contributed by atoms with Crippen LogP contribution < -0.4 is 4.74 Å². The van der Waals surface area contributed by atoms with Crippen molar-refractivity contribution >= 4 is 11.6 Å². The Morgan fingerprint density at radius 1 is 1.00 bits per heavy atom. The van der Waals surface area contributed by atoms with Gasteiger partial charge in [0.1, 0.15) is 0 Å². The summed E-state index contributed by atoms with van der Waals surface area (Å²) in [6.07, 6.45) is 9.33. The molecule has 1 fully saturated rings. The normalized spacial score (nSPS) is 19.9. The fourth-order valence-electron chi connectivity index (χ4n) is 4.23. The van der Waals surface area contributed by atoms with Gasteiger partial charge < -0.3 is 4.74 Å². The molecule has 0 aliphatic heterocycles. The Balaban J connectivity index is 1.69. The van der Waals surface area contributed by atoms with Crippen molar-refractivity contribution in [3.05, 3.63) is 52.8 Å². The highest BCUT2D eigenvalue weighted by molar-refractivity contribution is 6.33. The second-order valence-corrected chi connectivity index (χ2v) is 8.03. The van der Waals surface area contributed by atoms with Crippen LogP contribution in [0.4, 0.5) is 4.39 Å².